The van der Waals surface area contributed by atoms with Gasteiger partial charge in [-0.3, -0.25) is 0 Å². The van der Waals surface area contributed by atoms with Gasteiger partial charge in [-0.15, -0.1) is 0 Å². The van der Waals surface area contributed by atoms with Crippen molar-refractivity contribution >= 4 is 108 Å². The Balaban J connectivity index is 1.51. The van der Waals surface area contributed by atoms with E-state index in [4.69, 9.17) is 48.9 Å². The molecule has 12 nitrogen and oxygen atoms in total. The molecule has 0 amide bonds. The highest BCUT2D eigenvalue weighted by Crippen LogP contribution is 2.44. The molecule has 0 aliphatic carbocycles. The van der Waals surface area contributed by atoms with E-state index in [-0.39, 0.29) is 0 Å². The van der Waals surface area contributed by atoms with E-state index in [1.807, 2.05) is 48.5 Å². The number of aromatic nitrogens is 8. The number of aromatic amines is 2. The molecule has 2 aliphatic heterocycles. The zero-order valence-electron chi connectivity index (χ0n) is 27.4. The minimum absolute atomic E-state index is 0.406. The maximum absolute atomic E-state index is 5.69. The molecule has 16 heteroatoms. The molecular formula is C36H22Br4N8O4. The van der Waals surface area contributed by atoms with Gasteiger partial charge >= 0.3 is 0 Å². The molecular weight excluding hydrogens is 928 g/mol. The van der Waals surface area contributed by atoms with Crippen LogP contribution in [0.2, 0.25) is 0 Å². The molecule has 0 radical (unpaired) electrons. The third-order valence-electron chi connectivity index (χ3n) is 8.92. The molecule has 4 aromatic carbocycles. The fraction of sp³-hybridized carbons (Fsp3) is 0.111. The minimum Gasteiger partial charge on any atom is -0.493 e. The van der Waals surface area contributed by atoms with Gasteiger partial charge in [-0.1, -0.05) is 0 Å². The standard InChI is InChI=1S/C36H22Br4N8O4/c1-49-25-9-17-19(11-27(25)51-3)35-46-33(17)44-31-15-7-23(39)21(37)5-13(15)29(42-31)41-30-14-6-22(38)24(40)8-16(14)32(43-30)45-34-18-10-26(50-2)28(52-4)12-20(18)36(47-34)48-35/h5-12H,1-4H3,(H2,41,42,43,44,45,46,47,48). The lowest BCUT2D eigenvalue weighted by molar-refractivity contribution is 0.355. The van der Waals surface area contributed by atoms with Gasteiger partial charge in [-0.2, -0.15) is 0 Å². The number of hydrogen-bond donors (Lipinski definition) is 2. The monoisotopic (exact) mass is 946 g/mol. The molecule has 258 valence electrons. The molecule has 9 rings (SSSR count). The summed E-state index contributed by atoms with van der Waals surface area (Å²) in [6, 6.07) is 15.4. The average molecular weight is 950 g/mol. The smallest absolute Gasteiger partial charge is 0.164 e. The van der Waals surface area contributed by atoms with Gasteiger partial charge in [0.05, 0.1) is 28.4 Å². The fourth-order valence-electron chi connectivity index (χ4n) is 6.43. The molecule has 0 unspecified atom stereocenters. The normalized spacial score (nSPS) is 11.8. The number of nitrogens with one attached hydrogen (secondary N) is 2. The van der Waals surface area contributed by atoms with E-state index in [1.165, 1.54) is 0 Å². The second-order valence-corrected chi connectivity index (χ2v) is 15.2. The Labute approximate surface area is 327 Å². The van der Waals surface area contributed by atoms with Crippen LogP contribution >= 0.6 is 63.7 Å². The molecule has 3 aromatic heterocycles. The lowest BCUT2D eigenvalue weighted by Crippen LogP contribution is -1.92. The van der Waals surface area contributed by atoms with Crippen LogP contribution in [0.3, 0.4) is 0 Å². The van der Waals surface area contributed by atoms with E-state index in [1.54, 1.807) is 28.4 Å². The Morgan fingerprint density at radius 1 is 0.365 bits per heavy atom. The van der Waals surface area contributed by atoms with E-state index >= 15 is 0 Å². The zero-order chi connectivity index (χ0) is 36.0. The number of rotatable bonds is 4. The van der Waals surface area contributed by atoms with E-state index in [9.17, 15) is 0 Å². The van der Waals surface area contributed by atoms with E-state index in [2.05, 4.69) is 73.7 Å². The second kappa shape index (κ2) is 12.5. The van der Waals surface area contributed by atoms with Gasteiger partial charge in [-0.25, -0.2) is 29.9 Å². The molecule has 0 atom stereocenters. The third-order valence-corrected chi connectivity index (χ3v) is 12.6. The van der Waals surface area contributed by atoms with Gasteiger partial charge < -0.3 is 28.9 Å². The summed E-state index contributed by atoms with van der Waals surface area (Å²) in [7, 11) is 6.36. The van der Waals surface area contributed by atoms with Crippen molar-refractivity contribution in [2.45, 2.75) is 0 Å². The number of nitrogens with zero attached hydrogens (tertiary/aromatic N) is 6. The third kappa shape index (κ3) is 5.17. The summed E-state index contributed by atoms with van der Waals surface area (Å²) in [5, 5.41) is 3.11. The Bertz CT molecular complexity index is 2880. The highest BCUT2D eigenvalue weighted by molar-refractivity contribution is 9.13. The van der Waals surface area contributed by atoms with Crippen molar-refractivity contribution in [3.63, 3.8) is 0 Å². The highest BCUT2D eigenvalue weighted by Gasteiger charge is 2.26. The van der Waals surface area contributed by atoms with Crippen LogP contribution in [-0.4, -0.2) is 68.3 Å². The first-order chi connectivity index (χ1) is 25.2. The summed E-state index contributed by atoms with van der Waals surface area (Å²) in [6.07, 6.45) is 0. The lowest BCUT2D eigenvalue weighted by atomic mass is 10.1. The summed E-state index contributed by atoms with van der Waals surface area (Å²) < 4.78 is 26.2. The predicted molar refractivity (Wildman–Crippen MR) is 213 cm³/mol. The molecule has 0 fully saturated rings. The molecule has 0 saturated carbocycles. The van der Waals surface area contributed by atoms with Gasteiger partial charge in [0.1, 0.15) is 22.6 Å². The molecule has 8 bridgehead atoms. The van der Waals surface area contributed by atoms with Gasteiger partial charge in [0.2, 0.25) is 0 Å². The number of fused-ring (bicyclic) bond motifs is 20. The van der Waals surface area contributed by atoms with Crippen LogP contribution in [0.1, 0.15) is 0 Å². The van der Waals surface area contributed by atoms with Crippen LogP contribution in [0.5, 0.6) is 23.0 Å². The quantitative estimate of drug-likeness (QED) is 0.175. The van der Waals surface area contributed by atoms with E-state index in [0.29, 0.717) is 80.0 Å². The predicted octanol–water partition coefficient (Wildman–Crippen LogP) is 9.95. The number of ether oxygens (including phenoxy) is 4. The number of halogens is 4. The molecule has 2 N–H and O–H groups in total. The highest BCUT2D eigenvalue weighted by atomic mass is 79.9. The maximum Gasteiger partial charge on any atom is 0.164 e. The summed E-state index contributed by atoms with van der Waals surface area (Å²) in [6.45, 7) is 0. The Morgan fingerprint density at radius 3 is 0.962 bits per heavy atom. The summed E-state index contributed by atoms with van der Waals surface area (Å²) in [5.41, 5.74) is 5.11. The largest absolute Gasteiger partial charge is 0.493 e. The number of H-pyrrole nitrogens is 2. The van der Waals surface area contributed by atoms with E-state index < -0.39 is 0 Å². The summed E-state index contributed by atoms with van der Waals surface area (Å²) in [4.78, 5) is 37.3. The van der Waals surface area contributed by atoms with Crippen LogP contribution < -0.4 is 18.9 Å². The van der Waals surface area contributed by atoms with Crippen molar-refractivity contribution < 1.29 is 18.9 Å². The minimum atomic E-state index is 0.406. The first-order valence-electron chi connectivity index (χ1n) is 15.5. The zero-order valence-corrected chi connectivity index (χ0v) is 33.8. The van der Waals surface area contributed by atoms with Gasteiger partial charge in [-0.05, 0) is 112 Å². The van der Waals surface area contributed by atoms with Crippen LogP contribution in [-0.2, 0) is 0 Å². The first kappa shape index (κ1) is 33.2. The fourth-order valence-corrected chi connectivity index (χ4v) is 7.80. The van der Waals surface area contributed by atoms with E-state index in [0.717, 1.165) is 50.6 Å². The SMILES string of the molecule is COc1cc2c(cc1OC)-c1nc-2nc2[nH]c(nc3nc(nc4[nH]c(n1)c1cc(OC)c(OC)cc41)-c1cc(Br)c(Br)cc1-3)c1cc(Br)c(Br)cc21. The van der Waals surface area contributed by atoms with Gasteiger partial charge in [0.25, 0.3) is 0 Å². The Morgan fingerprint density at radius 2 is 0.635 bits per heavy atom. The van der Waals surface area contributed by atoms with Crippen LogP contribution in [0, 0.1) is 0 Å². The second-order valence-electron chi connectivity index (χ2n) is 11.7. The molecule has 7 aromatic rings. The number of methoxy groups -OCH3 is 4. The Hall–Kier alpha value is -4.64. The van der Waals surface area contributed by atoms with Crippen molar-refractivity contribution in [3.8, 4) is 68.5 Å². The lowest BCUT2D eigenvalue weighted by Gasteiger charge is -2.09. The molecule has 0 spiro atoms. The van der Waals surface area contributed by atoms with Crippen LogP contribution in [0.25, 0.3) is 89.7 Å². The number of hydrogen-bond acceptors (Lipinski definition) is 10. The molecule has 5 heterocycles. The molecule has 2 aliphatic rings. The number of benzene rings is 4. The topological polar surface area (TPSA) is 146 Å². The summed E-state index contributed by atoms with van der Waals surface area (Å²) >= 11 is 14.7. The van der Waals surface area contributed by atoms with Gasteiger partial charge in [0, 0.05) is 61.7 Å². The van der Waals surface area contributed by atoms with Crippen molar-refractivity contribution in [1.82, 2.24) is 39.9 Å². The van der Waals surface area contributed by atoms with Crippen LogP contribution in [0.15, 0.2) is 66.4 Å². The van der Waals surface area contributed by atoms with Crippen LogP contribution in [0.4, 0.5) is 0 Å². The maximum atomic E-state index is 5.69. The van der Waals surface area contributed by atoms with Crippen molar-refractivity contribution in [2.24, 2.45) is 0 Å². The summed E-state index contributed by atoms with van der Waals surface area (Å²) in [5.74, 6) is 3.88. The van der Waals surface area contributed by atoms with Crippen molar-refractivity contribution in [1.29, 1.82) is 0 Å². The molecule has 0 saturated heterocycles. The first-order valence-corrected chi connectivity index (χ1v) is 18.7. The average Bonchev–Trinajstić information content (AvgIpc) is 3.85. The van der Waals surface area contributed by atoms with Crippen molar-refractivity contribution in [3.05, 3.63) is 66.4 Å². The van der Waals surface area contributed by atoms with Gasteiger partial charge in [0.15, 0.2) is 46.3 Å². The molecule has 52 heavy (non-hydrogen) atoms. The Kier molecular flexibility index (Phi) is 7.98. The van der Waals surface area contributed by atoms with Crippen molar-refractivity contribution in [2.75, 3.05) is 28.4 Å².